The van der Waals surface area contributed by atoms with Crippen LogP contribution in [0.4, 0.5) is 0 Å². The molecule has 0 aliphatic carbocycles. The van der Waals surface area contributed by atoms with Gasteiger partial charge < -0.3 is 75.9 Å². The SMILES string of the molecule is CCCCCC(=O)N[C@@H](CCN)C(=O)N[C@H](C(=O)N[C@@H](CCN)C(=O)N[C@H](Cc1ccccc1)C(=O)N[C@@H](CC(C)C)C(=O)N[C@@H](CCN)C(=O)N[C@@H](C(=O)N[C@@H](CC(C)C)C(=O)N[C@@H](CO)C(N)=O)C(C)C)[C@@H](C)CC. The van der Waals surface area contributed by atoms with Crippen molar-refractivity contribution in [2.24, 2.45) is 46.6 Å². The van der Waals surface area contributed by atoms with Crippen molar-refractivity contribution in [3.05, 3.63) is 35.9 Å². The Morgan fingerprint density at radius 2 is 0.870 bits per heavy atom. The summed E-state index contributed by atoms with van der Waals surface area (Å²) in [4.78, 5) is 136. The zero-order valence-electron chi connectivity index (χ0n) is 46.8. The Morgan fingerprint density at radius 1 is 0.481 bits per heavy atom. The van der Waals surface area contributed by atoms with Crippen LogP contribution in [0.15, 0.2) is 30.3 Å². The van der Waals surface area contributed by atoms with Crippen LogP contribution in [0.2, 0.25) is 0 Å². The maximum atomic E-state index is 14.4. The van der Waals surface area contributed by atoms with Gasteiger partial charge in [-0.3, -0.25) is 47.9 Å². The standard InChI is InChI=1S/C53H93N13O11/c1-10-12-14-19-42(68)58-35(20-23-54)47(71)66-44(33(9)11-2)53(77)60-36(21-24-55)46(70)62-40(28-34-17-15-13-16-18-34)51(75)61-38(26-30(3)4)49(73)59-37(22-25-56)48(72)65-43(32(7)8)52(76)63-39(27-31(5)6)50(74)64-41(29-67)45(57)69/h13,15-18,30-33,35-41,43-44,67H,10-12,14,19-29,54-56H2,1-9H3,(H2,57,69)(H,58,68)(H,59,73)(H,60,77)(H,61,75)(H,62,70)(H,63,76)(H,64,74)(H,65,72)(H,66,71)/t33-,35-,36-,37-,38-,39-,40+,41-,43+,44-/m0/s1. The fourth-order valence-corrected chi connectivity index (χ4v) is 8.14. The Morgan fingerprint density at radius 3 is 1.31 bits per heavy atom. The minimum atomic E-state index is -1.40. The number of primary amides is 1. The molecule has 1 aromatic rings. The number of hydrogen-bond acceptors (Lipinski definition) is 14. The zero-order valence-corrected chi connectivity index (χ0v) is 46.8. The van der Waals surface area contributed by atoms with Gasteiger partial charge in [0.2, 0.25) is 59.1 Å². The zero-order chi connectivity index (χ0) is 58.4. The third-order valence-electron chi connectivity index (χ3n) is 12.8. The summed E-state index contributed by atoms with van der Waals surface area (Å²) in [6.45, 7) is 15.3. The van der Waals surface area contributed by atoms with E-state index in [4.69, 9.17) is 22.9 Å². The van der Waals surface area contributed by atoms with E-state index in [1.165, 1.54) is 0 Å². The first kappa shape index (κ1) is 68.8. The van der Waals surface area contributed by atoms with Crippen LogP contribution in [0.5, 0.6) is 0 Å². The van der Waals surface area contributed by atoms with E-state index < -0.39 is 126 Å². The molecule has 0 aromatic heterocycles. The Hall–Kier alpha value is -6.24. The smallest absolute Gasteiger partial charge is 0.243 e. The number of carbonyl (C=O) groups is 10. The van der Waals surface area contributed by atoms with Crippen LogP contribution < -0.4 is 70.8 Å². The number of unbranched alkanes of at least 4 members (excludes halogenated alkanes) is 2. The van der Waals surface area contributed by atoms with Gasteiger partial charge in [-0.05, 0) is 87.4 Å². The summed E-state index contributed by atoms with van der Waals surface area (Å²) in [5.41, 5.74) is 23.6. The summed E-state index contributed by atoms with van der Waals surface area (Å²) < 4.78 is 0. The van der Waals surface area contributed by atoms with E-state index in [-0.39, 0.29) is 82.3 Å². The summed E-state index contributed by atoms with van der Waals surface area (Å²) in [5, 5.41) is 33.6. The molecule has 24 heteroatoms. The van der Waals surface area contributed by atoms with Crippen LogP contribution in [0, 0.1) is 23.7 Å². The molecule has 0 saturated carbocycles. The number of rotatable bonds is 38. The average Bonchev–Trinajstić information content (AvgIpc) is 3.36. The number of hydrogen-bond donors (Lipinski definition) is 14. The second-order valence-electron chi connectivity index (χ2n) is 20.8. The highest BCUT2D eigenvalue weighted by Gasteiger charge is 2.37. The number of benzene rings is 1. The topological polar surface area (TPSA) is 403 Å². The fraction of sp³-hybridized carbons (Fsp3) is 0.698. The molecule has 0 aliphatic heterocycles. The van der Waals surface area contributed by atoms with Crippen molar-refractivity contribution in [3.8, 4) is 0 Å². The molecule has 10 amide bonds. The van der Waals surface area contributed by atoms with Gasteiger partial charge in [0.25, 0.3) is 0 Å². The molecule has 436 valence electrons. The van der Waals surface area contributed by atoms with E-state index in [1.54, 1.807) is 65.0 Å². The first-order chi connectivity index (χ1) is 36.4. The summed E-state index contributed by atoms with van der Waals surface area (Å²) in [7, 11) is 0. The molecule has 0 saturated heterocycles. The van der Waals surface area contributed by atoms with Crippen molar-refractivity contribution in [3.63, 3.8) is 0 Å². The van der Waals surface area contributed by atoms with E-state index in [9.17, 15) is 53.1 Å². The van der Waals surface area contributed by atoms with E-state index >= 15 is 0 Å². The number of nitrogens with two attached hydrogens (primary N) is 4. The first-order valence-corrected chi connectivity index (χ1v) is 27.1. The maximum Gasteiger partial charge on any atom is 0.243 e. The van der Waals surface area contributed by atoms with Crippen LogP contribution in [-0.2, 0) is 54.4 Å². The third-order valence-corrected chi connectivity index (χ3v) is 12.8. The van der Waals surface area contributed by atoms with Gasteiger partial charge >= 0.3 is 0 Å². The quantitative estimate of drug-likeness (QED) is 0.0335. The third kappa shape index (κ3) is 25.6. The lowest BCUT2D eigenvalue weighted by Gasteiger charge is -2.30. The summed E-state index contributed by atoms with van der Waals surface area (Å²) >= 11 is 0. The van der Waals surface area contributed by atoms with Gasteiger partial charge in [0, 0.05) is 12.8 Å². The Bertz CT molecular complexity index is 2040. The lowest BCUT2D eigenvalue weighted by atomic mass is 9.97. The molecule has 0 fully saturated rings. The summed E-state index contributed by atoms with van der Waals surface area (Å²) in [6, 6.07) is -2.42. The molecule has 1 aromatic carbocycles. The van der Waals surface area contributed by atoms with Crippen molar-refractivity contribution < 1.29 is 53.1 Å². The molecule has 0 radical (unpaired) electrons. The van der Waals surface area contributed by atoms with E-state index in [2.05, 4.69) is 47.9 Å². The lowest BCUT2D eigenvalue weighted by molar-refractivity contribution is -0.136. The molecule has 0 aliphatic rings. The van der Waals surface area contributed by atoms with Crippen LogP contribution >= 0.6 is 0 Å². The van der Waals surface area contributed by atoms with Gasteiger partial charge in [-0.2, -0.15) is 0 Å². The highest BCUT2D eigenvalue weighted by molar-refractivity contribution is 5.98. The van der Waals surface area contributed by atoms with Crippen molar-refractivity contribution in [1.29, 1.82) is 0 Å². The van der Waals surface area contributed by atoms with Gasteiger partial charge in [-0.25, -0.2) is 0 Å². The van der Waals surface area contributed by atoms with E-state index in [1.807, 2.05) is 27.7 Å². The molecule has 77 heavy (non-hydrogen) atoms. The predicted octanol–water partition coefficient (Wildman–Crippen LogP) is -1.51. The molecule has 0 unspecified atom stereocenters. The van der Waals surface area contributed by atoms with Gasteiger partial charge in [0.15, 0.2) is 0 Å². The molecular formula is C53H93N13O11. The van der Waals surface area contributed by atoms with Gasteiger partial charge in [0.05, 0.1) is 6.61 Å². The van der Waals surface area contributed by atoms with Crippen LogP contribution in [0.25, 0.3) is 0 Å². The van der Waals surface area contributed by atoms with E-state index in [0.29, 0.717) is 18.4 Å². The Balaban J connectivity index is 3.48. The maximum absolute atomic E-state index is 14.4. The molecule has 10 atom stereocenters. The number of carbonyl (C=O) groups excluding carboxylic acids is 10. The Kier molecular flexibility index (Phi) is 32.8. The lowest BCUT2D eigenvalue weighted by Crippen LogP contribution is -2.62. The molecule has 1 rings (SSSR count). The summed E-state index contributed by atoms with van der Waals surface area (Å²) in [5.74, 6) is -8.53. The van der Waals surface area contributed by atoms with Crippen molar-refractivity contribution in [2.75, 3.05) is 26.2 Å². The average molecular weight is 1090 g/mol. The van der Waals surface area contributed by atoms with Crippen molar-refractivity contribution in [2.45, 2.75) is 187 Å². The predicted molar refractivity (Wildman–Crippen MR) is 292 cm³/mol. The molecule has 0 spiro atoms. The first-order valence-electron chi connectivity index (χ1n) is 27.1. The van der Waals surface area contributed by atoms with Crippen molar-refractivity contribution in [1.82, 2.24) is 47.9 Å². The monoisotopic (exact) mass is 1090 g/mol. The molecule has 0 bridgehead atoms. The fourth-order valence-electron chi connectivity index (χ4n) is 8.14. The minimum absolute atomic E-state index is 0.0559. The number of aliphatic hydroxyl groups excluding tert-OH is 1. The number of nitrogens with one attached hydrogen (secondary N) is 9. The van der Waals surface area contributed by atoms with E-state index in [0.717, 1.165) is 12.8 Å². The van der Waals surface area contributed by atoms with Gasteiger partial charge in [0.1, 0.15) is 54.4 Å². The van der Waals surface area contributed by atoms with Gasteiger partial charge in [-0.15, -0.1) is 0 Å². The second kappa shape index (κ2) is 36.7. The largest absolute Gasteiger partial charge is 0.394 e. The summed E-state index contributed by atoms with van der Waals surface area (Å²) in [6.07, 6.45) is 3.17. The second-order valence-corrected chi connectivity index (χ2v) is 20.8. The normalized spacial score (nSPS) is 15.2. The number of aliphatic hydroxyl groups is 1. The van der Waals surface area contributed by atoms with Crippen molar-refractivity contribution >= 4 is 59.1 Å². The highest BCUT2D eigenvalue weighted by atomic mass is 16.3. The van der Waals surface area contributed by atoms with Gasteiger partial charge in [-0.1, -0.05) is 112 Å². The molecular weight excluding hydrogens is 995 g/mol. The van der Waals surface area contributed by atoms with Crippen LogP contribution in [0.3, 0.4) is 0 Å². The molecule has 18 N–H and O–H groups in total. The Labute approximate surface area is 454 Å². The molecule has 24 nitrogen and oxygen atoms in total. The minimum Gasteiger partial charge on any atom is -0.394 e. The van der Waals surface area contributed by atoms with Crippen LogP contribution in [0.1, 0.15) is 132 Å². The highest BCUT2D eigenvalue weighted by Crippen LogP contribution is 2.14. The molecule has 0 heterocycles. The van der Waals surface area contributed by atoms with Crippen LogP contribution in [-0.4, -0.2) is 145 Å². The number of amides is 10.